The summed E-state index contributed by atoms with van der Waals surface area (Å²) in [6.45, 7) is 2.91. The Balaban J connectivity index is 1.94. The van der Waals surface area contributed by atoms with E-state index in [0.717, 1.165) is 13.0 Å². The molecule has 0 amide bonds. The van der Waals surface area contributed by atoms with Crippen LogP contribution in [-0.4, -0.2) is 15.6 Å². The molecule has 3 heteroatoms. The SMILES string of the molecule is CC(N)Cc1ccc2ccn(Cc3ccncc3)c2c1. The minimum Gasteiger partial charge on any atom is -0.343 e. The van der Waals surface area contributed by atoms with Crippen molar-refractivity contribution in [2.24, 2.45) is 5.73 Å². The molecule has 2 heterocycles. The Kier molecular flexibility index (Phi) is 3.52. The molecule has 20 heavy (non-hydrogen) atoms. The van der Waals surface area contributed by atoms with E-state index in [0.29, 0.717) is 0 Å². The molecule has 3 rings (SSSR count). The van der Waals surface area contributed by atoms with Gasteiger partial charge in [-0.25, -0.2) is 0 Å². The molecule has 0 spiro atoms. The second-order valence-electron chi connectivity index (χ2n) is 5.37. The first-order chi connectivity index (χ1) is 9.72. The molecule has 1 aromatic carbocycles. The summed E-state index contributed by atoms with van der Waals surface area (Å²) in [5.74, 6) is 0. The first kappa shape index (κ1) is 12.9. The van der Waals surface area contributed by atoms with Crippen LogP contribution in [0.25, 0.3) is 10.9 Å². The van der Waals surface area contributed by atoms with Gasteiger partial charge in [0.1, 0.15) is 0 Å². The van der Waals surface area contributed by atoms with Gasteiger partial charge in [-0.3, -0.25) is 4.98 Å². The summed E-state index contributed by atoms with van der Waals surface area (Å²) in [7, 11) is 0. The molecule has 3 aromatic rings. The van der Waals surface area contributed by atoms with Gasteiger partial charge in [0.05, 0.1) is 0 Å². The molecule has 0 aliphatic carbocycles. The standard InChI is InChI=1S/C17H19N3/c1-13(18)10-15-2-3-16-6-9-20(17(16)11-15)12-14-4-7-19-8-5-14/h2-9,11,13H,10,12,18H2,1H3. The van der Waals surface area contributed by atoms with Crippen LogP contribution in [0.2, 0.25) is 0 Å². The van der Waals surface area contributed by atoms with Crippen molar-refractivity contribution >= 4 is 10.9 Å². The van der Waals surface area contributed by atoms with E-state index in [9.17, 15) is 0 Å². The van der Waals surface area contributed by atoms with Crippen molar-refractivity contribution in [3.05, 3.63) is 66.1 Å². The summed E-state index contributed by atoms with van der Waals surface area (Å²) in [6.07, 6.45) is 6.72. The zero-order valence-corrected chi connectivity index (χ0v) is 11.7. The predicted molar refractivity (Wildman–Crippen MR) is 82.6 cm³/mol. The molecule has 0 bridgehead atoms. The minimum atomic E-state index is 0.191. The number of benzene rings is 1. The van der Waals surface area contributed by atoms with Gasteiger partial charge in [0.25, 0.3) is 0 Å². The van der Waals surface area contributed by atoms with Gasteiger partial charge in [-0.05, 0) is 54.1 Å². The van der Waals surface area contributed by atoms with E-state index in [4.69, 9.17) is 5.73 Å². The Morgan fingerprint density at radius 2 is 1.90 bits per heavy atom. The number of aromatic nitrogens is 2. The first-order valence-corrected chi connectivity index (χ1v) is 6.94. The van der Waals surface area contributed by atoms with Gasteiger partial charge in [0, 0.05) is 36.7 Å². The van der Waals surface area contributed by atoms with Crippen molar-refractivity contribution in [3.8, 4) is 0 Å². The molecule has 3 nitrogen and oxygen atoms in total. The van der Waals surface area contributed by atoms with Gasteiger partial charge < -0.3 is 10.3 Å². The Morgan fingerprint density at radius 3 is 2.65 bits per heavy atom. The van der Waals surface area contributed by atoms with Crippen LogP contribution in [0.15, 0.2) is 55.0 Å². The summed E-state index contributed by atoms with van der Waals surface area (Å²) >= 11 is 0. The van der Waals surface area contributed by atoms with Crippen LogP contribution in [0.1, 0.15) is 18.1 Å². The summed E-state index contributed by atoms with van der Waals surface area (Å²) in [4.78, 5) is 4.06. The van der Waals surface area contributed by atoms with Crippen LogP contribution in [0, 0.1) is 0 Å². The lowest BCUT2D eigenvalue weighted by Gasteiger charge is -2.08. The van der Waals surface area contributed by atoms with E-state index >= 15 is 0 Å². The molecule has 1 atom stereocenters. The number of fused-ring (bicyclic) bond motifs is 1. The second kappa shape index (κ2) is 5.47. The molecular weight excluding hydrogens is 246 g/mol. The predicted octanol–water partition coefficient (Wildman–Crippen LogP) is 2.97. The molecule has 1 unspecified atom stereocenters. The number of pyridine rings is 1. The van der Waals surface area contributed by atoms with Crippen molar-refractivity contribution in [1.82, 2.24) is 9.55 Å². The third-order valence-corrected chi connectivity index (χ3v) is 3.50. The smallest absolute Gasteiger partial charge is 0.0486 e. The number of hydrogen-bond donors (Lipinski definition) is 1. The Labute approximate surface area is 119 Å². The van der Waals surface area contributed by atoms with Crippen molar-refractivity contribution in [2.75, 3.05) is 0 Å². The maximum atomic E-state index is 5.89. The highest BCUT2D eigenvalue weighted by atomic mass is 14.9. The quantitative estimate of drug-likeness (QED) is 0.788. The fourth-order valence-corrected chi connectivity index (χ4v) is 2.55. The molecule has 0 aliphatic heterocycles. The zero-order chi connectivity index (χ0) is 13.9. The maximum Gasteiger partial charge on any atom is 0.0486 e. The molecule has 0 fully saturated rings. The third kappa shape index (κ3) is 2.73. The topological polar surface area (TPSA) is 43.8 Å². The highest BCUT2D eigenvalue weighted by Crippen LogP contribution is 2.19. The Bertz CT molecular complexity index is 699. The average Bonchev–Trinajstić information content (AvgIpc) is 2.82. The van der Waals surface area contributed by atoms with Gasteiger partial charge in [0.15, 0.2) is 0 Å². The minimum absolute atomic E-state index is 0.191. The summed E-state index contributed by atoms with van der Waals surface area (Å²) in [5.41, 5.74) is 9.71. The number of rotatable bonds is 4. The number of hydrogen-bond acceptors (Lipinski definition) is 2. The van der Waals surface area contributed by atoms with Crippen LogP contribution in [0.4, 0.5) is 0 Å². The number of nitrogens with two attached hydrogens (primary N) is 1. The fourth-order valence-electron chi connectivity index (χ4n) is 2.55. The van der Waals surface area contributed by atoms with Gasteiger partial charge >= 0.3 is 0 Å². The molecular formula is C17H19N3. The van der Waals surface area contributed by atoms with Gasteiger partial charge in [0.2, 0.25) is 0 Å². The molecule has 0 aliphatic rings. The molecule has 0 saturated carbocycles. The summed E-state index contributed by atoms with van der Waals surface area (Å²) in [5, 5.41) is 1.27. The zero-order valence-electron chi connectivity index (χ0n) is 11.7. The van der Waals surface area contributed by atoms with Crippen LogP contribution in [-0.2, 0) is 13.0 Å². The van der Waals surface area contributed by atoms with Gasteiger partial charge in [-0.15, -0.1) is 0 Å². The second-order valence-corrected chi connectivity index (χ2v) is 5.37. The van der Waals surface area contributed by atoms with Gasteiger partial charge in [-0.2, -0.15) is 0 Å². The van der Waals surface area contributed by atoms with E-state index in [1.54, 1.807) is 0 Å². The van der Waals surface area contributed by atoms with E-state index in [2.05, 4.69) is 52.1 Å². The molecule has 2 N–H and O–H groups in total. The lowest BCUT2D eigenvalue weighted by Crippen LogP contribution is -2.17. The Morgan fingerprint density at radius 1 is 1.10 bits per heavy atom. The average molecular weight is 265 g/mol. The summed E-state index contributed by atoms with van der Waals surface area (Å²) in [6, 6.07) is 13.1. The molecule has 2 aromatic heterocycles. The van der Waals surface area contributed by atoms with Crippen LogP contribution < -0.4 is 5.73 Å². The number of nitrogens with zero attached hydrogens (tertiary/aromatic N) is 2. The third-order valence-electron chi connectivity index (χ3n) is 3.50. The van der Waals surface area contributed by atoms with Gasteiger partial charge in [-0.1, -0.05) is 12.1 Å². The van der Waals surface area contributed by atoms with Crippen LogP contribution in [0.5, 0.6) is 0 Å². The van der Waals surface area contributed by atoms with Crippen molar-refractivity contribution in [2.45, 2.75) is 25.9 Å². The Hall–Kier alpha value is -2.13. The molecule has 102 valence electrons. The monoisotopic (exact) mass is 265 g/mol. The molecule has 0 saturated heterocycles. The maximum absolute atomic E-state index is 5.89. The van der Waals surface area contributed by atoms with E-state index < -0.39 is 0 Å². The highest BCUT2D eigenvalue weighted by molar-refractivity contribution is 5.81. The lowest BCUT2D eigenvalue weighted by molar-refractivity contribution is 0.738. The van der Waals surface area contributed by atoms with E-state index in [-0.39, 0.29) is 6.04 Å². The van der Waals surface area contributed by atoms with Crippen LogP contribution in [0.3, 0.4) is 0 Å². The lowest BCUT2D eigenvalue weighted by atomic mass is 10.1. The van der Waals surface area contributed by atoms with E-state index in [1.807, 2.05) is 19.3 Å². The largest absolute Gasteiger partial charge is 0.343 e. The highest BCUT2D eigenvalue weighted by Gasteiger charge is 2.04. The van der Waals surface area contributed by atoms with Crippen molar-refractivity contribution < 1.29 is 0 Å². The van der Waals surface area contributed by atoms with Crippen molar-refractivity contribution in [3.63, 3.8) is 0 Å². The fraction of sp³-hybridized carbons (Fsp3) is 0.235. The van der Waals surface area contributed by atoms with Crippen molar-refractivity contribution in [1.29, 1.82) is 0 Å². The van der Waals surface area contributed by atoms with E-state index in [1.165, 1.54) is 22.0 Å². The van der Waals surface area contributed by atoms with Crippen LogP contribution >= 0.6 is 0 Å². The normalized spacial score (nSPS) is 12.7. The molecule has 0 radical (unpaired) electrons. The first-order valence-electron chi connectivity index (χ1n) is 6.94. The summed E-state index contributed by atoms with van der Waals surface area (Å²) < 4.78 is 2.27.